The molecule has 0 spiro atoms. The molecule has 110 valence electrons. The van der Waals surface area contributed by atoms with Gasteiger partial charge in [0, 0.05) is 5.54 Å². The molecule has 0 aromatic heterocycles. The summed E-state index contributed by atoms with van der Waals surface area (Å²) in [5.41, 5.74) is 0.813. The number of benzene rings is 1. The lowest BCUT2D eigenvalue weighted by Gasteiger charge is -2.20. The molecule has 0 bridgehead atoms. The van der Waals surface area contributed by atoms with E-state index in [4.69, 9.17) is 4.74 Å². The number of nitrogens with one attached hydrogen (secondary N) is 2. The van der Waals surface area contributed by atoms with E-state index in [1.54, 1.807) is 32.9 Å². The molecule has 0 aliphatic heterocycles. The van der Waals surface area contributed by atoms with E-state index in [2.05, 4.69) is 10.6 Å². The van der Waals surface area contributed by atoms with E-state index >= 15 is 0 Å². The van der Waals surface area contributed by atoms with Crippen molar-refractivity contribution in [2.24, 2.45) is 0 Å². The molecule has 0 saturated heterocycles. The van der Waals surface area contributed by atoms with Crippen molar-refractivity contribution in [1.82, 2.24) is 5.32 Å². The maximum atomic E-state index is 11.7. The summed E-state index contributed by atoms with van der Waals surface area (Å²) in [7, 11) is 1.91. The van der Waals surface area contributed by atoms with E-state index in [9.17, 15) is 9.90 Å². The van der Waals surface area contributed by atoms with Gasteiger partial charge in [0.05, 0.1) is 5.69 Å². The topological polar surface area (TPSA) is 70.6 Å². The number of phenols is 1. The standard InChI is InChI=1S/C15H22N2O3/c1-14(2,3)20-13(19)17-11-6-5-10(9-12(11)18)15(16-4)7-8-15/h5-6,9,16,18H,7-8H2,1-4H3,(H,17,19). The van der Waals surface area contributed by atoms with Crippen molar-refractivity contribution in [2.75, 3.05) is 12.4 Å². The zero-order valence-electron chi connectivity index (χ0n) is 12.4. The largest absolute Gasteiger partial charge is 0.506 e. The van der Waals surface area contributed by atoms with Crippen molar-refractivity contribution in [1.29, 1.82) is 0 Å². The van der Waals surface area contributed by atoms with E-state index in [1.807, 2.05) is 13.1 Å². The fourth-order valence-corrected chi connectivity index (χ4v) is 2.16. The van der Waals surface area contributed by atoms with Gasteiger partial charge in [-0.1, -0.05) is 6.07 Å². The van der Waals surface area contributed by atoms with Crippen LogP contribution in [-0.2, 0) is 10.3 Å². The van der Waals surface area contributed by atoms with Crippen molar-refractivity contribution < 1.29 is 14.6 Å². The number of carbonyl (C=O) groups is 1. The second-order valence-electron chi connectivity index (χ2n) is 6.19. The lowest BCUT2D eigenvalue weighted by Crippen LogP contribution is -2.27. The minimum atomic E-state index is -0.574. The Hall–Kier alpha value is -1.75. The first-order chi connectivity index (χ1) is 9.26. The third-order valence-corrected chi connectivity index (χ3v) is 3.41. The monoisotopic (exact) mass is 278 g/mol. The number of aromatic hydroxyl groups is 1. The van der Waals surface area contributed by atoms with Gasteiger partial charge in [0.1, 0.15) is 11.4 Å². The van der Waals surface area contributed by atoms with Crippen LogP contribution >= 0.6 is 0 Å². The van der Waals surface area contributed by atoms with Gasteiger partial charge in [0.15, 0.2) is 0 Å². The number of anilines is 1. The molecule has 1 saturated carbocycles. The number of rotatable bonds is 3. The highest BCUT2D eigenvalue weighted by Gasteiger charge is 2.42. The van der Waals surface area contributed by atoms with E-state index in [0.29, 0.717) is 5.69 Å². The maximum absolute atomic E-state index is 11.7. The Kier molecular flexibility index (Phi) is 3.65. The SMILES string of the molecule is CNC1(c2ccc(NC(=O)OC(C)(C)C)c(O)c2)CC1. The first-order valence-electron chi connectivity index (χ1n) is 6.78. The van der Waals surface area contributed by atoms with Crippen molar-refractivity contribution in [3.8, 4) is 5.75 Å². The normalized spacial score (nSPS) is 16.6. The molecule has 1 amide bonds. The van der Waals surface area contributed by atoms with Gasteiger partial charge in [-0.15, -0.1) is 0 Å². The van der Waals surface area contributed by atoms with E-state index in [1.165, 1.54) is 0 Å². The first-order valence-corrected chi connectivity index (χ1v) is 6.78. The number of phenolic OH excluding ortho intramolecular Hbond substituents is 1. The zero-order valence-corrected chi connectivity index (χ0v) is 12.4. The minimum absolute atomic E-state index is 0.0120. The van der Waals surface area contributed by atoms with Gasteiger partial charge >= 0.3 is 6.09 Å². The van der Waals surface area contributed by atoms with Crippen LogP contribution in [0.15, 0.2) is 18.2 Å². The van der Waals surface area contributed by atoms with Gasteiger partial charge in [-0.25, -0.2) is 4.79 Å². The number of carbonyl (C=O) groups excluding carboxylic acids is 1. The summed E-state index contributed by atoms with van der Waals surface area (Å²) in [4.78, 5) is 11.7. The average Bonchev–Trinajstić information content (AvgIpc) is 3.10. The fourth-order valence-electron chi connectivity index (χ4n) is 2.16. The number of amides is 1. The molecule has 2 rings (SSSR count). The highest BCUT2D eigenvalue weighted by atomic mass is 16.6. The van der Waals surface area contributed by atoms with Gasteiger partial charge < -0.3 is 15.2 Å². The van der Waals surface area contributed by atoms with Gasteiger partial charge in [0.25, 0.3) is 0 Å². The van der Waals surface area contributed by atoms with Gasteiger partial charge in [-0.2, -0.15) is 0 Å². The van der Waals surface area contributed by atoms with Crippen molar-refractivity contribution in [2.45, 2.75) is 44.8 Å². The highest BCUT2D eigenvalue weighted by molar-refractivity contribution is 5.87. The van der Waals surface area contributed by atoms with Gasteiger partial charge in [-0.3, -0.25) is 5.32 Å². The van der Waals surface area contributed by atoms with Crippen LogP contribution in [0.25, 0.3) is 0 Å². The molecule has 0 unspecified atom stereocenters. The van der Waals surface area contributed by atoms with Crippen LogP contribution in [0, 0.1) is 0 Å². The third kappa shape index (κ3) is 3.22. The Balaban J connectivity index is 2.09. The molecule has 0 heterocycles. The molecule has 1 fully saturated rings. The molecule has 3 N–H and O–H groups in total. The van der Waals surface area contributed by atoms with Gasteiger partial charge in [0.2, 0.25) is 0 Å². The number of hydrogen-bond acceptors (Lipinski definition) is 4. The van der Waals surface area contributed by atoms with E-state index < -0.39 is 11.7 Å². The molecule has 1 aliphatic rings. The Bertz CT molecular complexity index is 516. The molecule has 1 aromatic carbocycles. The predicted octanol–water partition coefficient (Wildman–Crippen LogP) is 2.95. The molecule has 0 atom stereocenters. The molecule has 1 aromatic rings. The quantitative estimate of drug-likeness (QED) is 0.743. The minimum Gasteiger partial charge on any atom is -0.506 e. The van der Waals surface area contributed by atoms with Crippen molar-refractivity contribution >= 4 is 11.8 Å². The summed E-state index contributed by atoms with van der Waals surface area (Å²) < 4.78 is 5.15. The van der Waals surface area contributed by atoms with Crippen LogP contribution in [0.2, 0.25) is 0 Å². The maximum Gasteiger partial charge on any atom is 0.412 e. The Morgan fingerprint density at radius 3 is 2.45 bits per heavy atom. The second-order valence-corrected chi connectivity index (χ2v) is 6.19. The molecule has 1 aliphatic carbocycles. The van der Waals surface area contributed by atoms with Crippen LogP contribution in [0.4, 0.5) is 10.5 Å². The molecule has 5 nitrogen and oxygen atoms in total. The van der Waals surface area contributed by atoms with Crippen LogP contribution in [-0.4, -0.2) is 23.8 Å². The Morgan fingerprint density at radius 1 is 1.35 bits per heavy atom. The lowest BCUT2D eigenvalue weighted by molar-refractivity contribution is 0.0635. The molecular weight excluding hydrogens is 256 g/mol. The average molecular weight is 278 g/mol. The van der Waals surface area contributed by atoms with E-state index in [0.717, 1.165) is 18.4 Å². The molecule has 5 heteroatoms. The van der Waals surface area contributed by atoms with Crippen LogP contribution < -0.4 is 10.6 Å². The second kappa shape index (κ2) is 4.98. The summed E-state index contributed by atoms with van der Waals surface area (Å²) >= 11 is 0. The lowest BCUT2D eigenvalue weighted by atomic mass is 10.0. The van der Waals surface area contributed by atoms with Crippen molar-refractivity contribution in [3.63, 3.8) is 0 Å². The fraction of sp³-hybridized carbons (Fsp3) is 0.533. The van der Waals surface area contributed by atoms with Crippen LogP contribution in [0.3, 0.4) is 0 Å². The summed E-state index contributed by atoms with van der Waals surface area (Å²) in [6, 6.07) is 5.30. The van der Waals surface area contributed by atoms with Crippen molar-refractivity contribution in [3.05, 3.63) is 23.8 Å². The summed E-state index contributed by atoms with van der Waals surface area (Å²) in [5, 5.41) is 15.8. The smallest absolute Gasteiger partial charge is 0.412 e. The molecule has 20 heavy (non-hydrogen) atoms. The summed E-state index contributed by atoms with van der Waals surface area (Å²) in [6.45, 7) is 5.37. The Morgan fingerprint density at radius 2 is 2.00 bits per heavy atom. The van der Waals surface area contributed by atoms with E-state index in [-0.39, 0.29) is 11.3 Å². The summed E-state index contributed by atoms with van der Waals surface area (Å²) in [6.07, 6.45) is 1.54. The first kappa shape index (κ1) is 14.7. The molecular formula is C15H22N2O3. The number of ether oxygens (including phenoxy) is 1. The van der Waals surface area contributed by atoms with Crippen LogP contribution in [0.1, 0.15) is 39.2 Å². The Labute approximate surface area is 119 Å². The zero-order chi connectivity index (χ0) is 15.0. The number of hydrogen-bond donors (Lipinski definition) is 3. The highest BCUT2D eigenvalue weighted by Crippen LogP contribution is 2.46. The van der Waals surface area contributed by atoms with Gasteiger partial charge in [-0.05, 0) is 58.4 Å². The molecule has 0 radical (unpaired) electrons. The van der Waals surface area contributed by atoms with Crippen LogP contribution in [0.5, 0.6) is 5.75 Å². The third-order valence-electron chi connectivity index (χ3n) is 3.41. The summed E-state index contributed by atoms with van der Waals surface area (Å²) in [5.74, 6) is 0.0508. The predicted molar refractivity (Wildman–Crippen MR) is 77.9 cm³/mol.